The first-order valence-corrected chi connectivity index (χ1v) is 7.52. The van der Waals surface area contributed by atoms with Gasteiger partial charge in [-0.15, -0.1) is 0 Å². The third-order valence-electron chi connectivity index (χ3n) is 2.99. The van der Waals surface area contributed by atoms with Gasteiger partial charge in [-0.25, -0.2) is 4.79 Å². The average molecular weight is 322 g/mol. The van der Waals surface area contributed by atoms with E-state index in [0.717, 1.165) is 0 Å². The van der Waals surface area contributed by atoms with Gasteiger partial charge >= 0.3 is 6.09 Å². The van der Waals surface area contributed by atoms with E-state index in [-0.39, 0.29) is 11.9 Å². The Morgan fingerprint density at radius 1 is 1.26 bits per heavy atom. The number of amides is 2. The Balaban J connectivity index is 2.63. The molecule has 0 spiro atoms. The molecule has 0 radical (unpaired) electrons. The largest absolute Gasteiger partial charge is 0.496 e. The van der Waals surface area contributed by atoms with Crippen LogP contribution in [0.4, 0.5) is 4.79 Å². The normalized spacial score (nSPS) is 12.3. The minimum Gasteiger partial charge on any atom is -0.496 e. The second-order valence-corrected chi connectivity index (χ2v) is 6.43. The molecule has 0 saturated carbocycles. The van der Waals surface area contributed by atoms with Crippen molar-refractivity contribution in [3.63, 3.8) is 0 Å². The van der Waals surface area contributed by atoms with Crippen LogP contribution in [0.25, 0.3) is 0 Å². The highest BCUT2D eigenvalue weighted by molar-refractivity contribution is 5.96. The van der Waals surface area contributed by atoms with Crippen molar-refractivity contribution in [2.75, 3.05) is 20.7 Å². The molecular weight excluding hydrogens is 296 g/mol. The number of para-hydroxylation sites is 1. The Morgan fingerprint density at radius 2 is 1.87 bits per heavy atom. The molecule has 2 amide bonds. The first-order chi connectivity index (χ1) is 10.6. The molecule has 1 aromatic rings. The van der Waals surface area contributed by atoms with Crippen LogP contribution < -0.4 is 10.1 Å². The van der Waals surface area contributed by atoms with Gasteiger partial charge in [0.05, 0.1) is 12.7 Å². The van der Waals surface area contributed by atoms with Gasteiger partial charge in [0.25, 0.3) is 5.91 Å². The van der Waals surface area contributed by atoms with Crippen molar-refractivity contribution >= 4 is 12.0 Å². The van der Waals surface area contributed by atoms with Gasteiger partial charge in [0.1, 0.15) is 11.4 Å². The van der Waals surface area contributed by atoms with E-state index in [1.165, 1.54) is 7.11 Å². The molecule has 0 aliphatic rings. The molecule has 23 heavy (non-hydrogen) atoms. The van der Waals surface area contributed by atoms with Gasteiger partial charge in [-0.05, 0) is 39.8 Å². The van der Waals surface area contributed by atoms with Crippen molar-refractivity contribution in [2.45, 2.75) is 39.3 Å². The zero-order chi connectivity index (χ0) is 17.6. The van der Waals surface area contributed by atoms with Crippen molar-refractivity contribution in [1.82, 2.24) is 10.2 Å². The van der Waals surface area contributed by atoms with Crippen LogP contribution in [-0.2, 0) is 4.74 Å². The molecule has 0 unspecified atom stereocenters. The summed E-state index contributed by atoms with van der Waals surface area (Å²) in [7, 11) is 3.21. The number of nitrogens with one attached hydrogen (secondary N) is 1. The van der Waals surface area contributed by atoms with E-state index in [4.69, 9.17) is 9.47 Å². The lowest BCUT2D eigenvalue weighted by atomic mass is 10.1. The predicted molar refractivity (Wildman–Crippen MR) is 88.8 cm³/mol. The second kappa shape index (κ2) is 7.85. The maximum absolute atomic E-state index is 12.5. The number of methoxy groups -OCH3 is 1. The lowest BCUT2D eigenvalue weighted by Gasteiger charge is -2.25. The minimum atomic E-state index is -0.553. The monoisotopic (exact) mass is 322 g/mol. The molecular formula is C17H26N2O4. The smallest absolute Gasteiger partial charge is 0.407 e. The summed E-state index contributed by atoms with van der Waals surface area (Å²) in [6.07, 6.45) is -0.497. The van der Waals surface area contributed by atoms with E-state index in [1.54, 1.807) is 50.9 Å². The molecule has 0 aliphatic heterocycles. The van der Waals surface area contributed by atoms with Crippen molar-refractivity contribution in [3.05, 3.63) is 29.8 Å². The van der Waals surface area contributed by atoms with Crippen LogP contribution in [-0.4, -0.2) is 49.2 Å². The summed E-state index contributed by atoms with van der Waals surface area (Å²) in [5, 5.41) is 2.72. The van der Waals surface area contributed by atoms with E-state index in [9.17, 15) is 9.59 Å². The summed E-state index contributed by atoms with van der Waals surface area (Å²) in [5.74, 6) is 0.359. The summed E-state index contributed by atoms with van der Waals surface area (Å²) in [4.78, 5) is 25.8. The fourth-order valence-corrected chi connectivity index (χ4v) is 2.08. The molecule has 6 heteroatoms. The number of alkyl carbamates (subject to hydrolysis) is 1. The summed E-state index contributed by atoms with van der Waals surface area (Å²) < 4.78 is 10.4. The van der Waals surface area contributed by atoms with Crippen LogP contribution in [0, 0.1) is 0 Å². The third kappa shape index (κ3) is 6.18. The molecule has 1 aromatic carbocycles. The van der Waals surface area contributed by atoms with Crippen LogP contribution in [0.5, 0.6) is 5.75 Å². The fraction of sp³-hybridized carbons (Fsp3) is 0.529. The molecule has 0 heterocycles. The number of benzene rings is 1. The lowest BCUT2D eigenvalue weighted by molar-refractivity contribution is 0.0491. The van der Waals surface area contributed by atoms with Crippen molar-refractivity contribution in [1.29, 1.82) is 0 Å². The van der Waals surface area contributed by atoms with Crippen molar-refractivity contribution < 1.29 is 19.1 Å². The van der Waals surface area contributed by atoms with Gasteiger partial charge in [0.15, 0.2) is 0 Å². The van der Waals surface area contributed by atoms with Crippen LogP contribution >= 0.6 is 0 Å². The Hall–Kier alpha value is -2.24. The molecule has 0 saturated heterocycles. The maximum atomic E-state index is 12.5. The topological polar surface area (TPSA) is 67.9 Å². The summed E-state index contributed by atoms with van der Waals surface area (Å²) in [6.45, 7) is 7.57. The third-order valence-corrected chi connectivity index (χ3v) is 2.99. The number of rotatable bonds is 5. The first kappa shape index (κ1) is 18.8. The molecule has 0 fully saturated rings. The van der Waals surface area contributed by atoms with E-state index in [0.29, 0.717) is 17.9 Å². The van der Waals surface area contributed by atoms with Gasteiger partial charge < -0.3 is 19.7 Å². The number of hydrogen-bond donors (Lipinski definition) is 1. The molecule has 1 atom stereocenters. The number of carbonyl (C=O) groups is 2. The Morgan fingerprint density at radius 3 is 2.43 bits per heavy atom. The van der Waals surface area contributed by atoms with Gasteiger partial charge in [0, 0.05) is 19.6 Å². The van der Waals surface area contributed by atoms with Crippen LogP contribution in [0.3, 0.4) is 0 Å². The van der Waals surface area contributed by atoms with E-state index >= 15 is 0 Å². The fourth-order valence-electron chi connectivity index (χ4n) is 2.08. The summed E-state index contributed by atoms with van der Waals surface area (Å²) in [6, 6.07) is 6.80. The minimum absolute atomic E-state index is 0.166. The number of hydrogen-bond acceptors (Lipinski definition) is 4. The molecule has 1 rings (SSSR count). The Kier molecular flexibility index (Phi) is 6.42. The van der Waals surface area contributed by atoms with Crippen LogP contribution in [0.2, 0.25) is 0 Å². The SMILES string of the molecule is COc1ccccc1C(=O)N(C)C[C@@H](C)NC(=O)OC(C)(C)C. The molecule has 0 aliphatic carbocycles. The van der Waals surface area contributed by atoms with Gasteiger partial charge in [-0.2, -0.15) is 0 Å². The number of nitrogens with zero attached hydrogens (tertiary/aromatic N) is 1. The number of carbonyl (C=O) groups excluding carboxylic acids is 2. The highest BCUT2D eigenvalue weighted by atomic mass is 16.6. The van der Waals surface area contributed by atoms with Crippen LogP contribution in [0.15, 0.2) is 24.3 Å². The van der Waals surface area contributed by atoms with Gasteiger partial charge in [-0.3, -0.25) is 4.79 Å². The van der Waals surface area contributed by atoms with Crippen molar-refractivity contribution in [2.24, 2.45) is 0 Å². The second-order valence-electron chi connectivity index (χ2n) is 6.43. The van der Waals surface area contributed by atoms with E-state index in [1.807, 2.05) is 13.0 Å². The van der Waals surface area contributed by atoms with Crippen molar-refractivity contribution in [3.8, 4) is 5.75 Å². The molecule has 128 valence electrons. The molecule has 0 aromatic heterocycles. The highest BCUT2D eigenvalue weighted by Crippen LogP contribution is 2.18. The van der Waals surface area contributed by atoms with E-state index < -0.39 is 11.7 Å². The quantitative estimate of drug-likeness (QED) is 0.905. The highest BCUT2D eigenvalue weighted by Gasteiger charge is 2.21. The summed E-state index contributed by atoms with van der Waals surface area (Å²) in [5.41, 5.74) is -0.0647. The van der Waals surface area contributed by atoms with Crippen LogP contribution in [0.1, 0.15) is 38.1 Å². The standard InChI is InChI=1S/C17H26N2O4/c1-12(18-16(21)23-17(2,3)4)11-19(5)15(20)13-9-7-8-10-14(13)22-6/h7-10,12H,11H2,1-6H3,(H,18,21)/t12-/m1/s1. The molecule has 0 bridgehead atoms. The zero-order valence-corrected chi connectivity index (χ0v) is 14.7. The Labute approximate surface area is 137 Å². The molecule has 6 nitrogen and oxygen atoms in total. The summed E-state index contributed by atoms with van der Waals surface area (Å²) >= 11 is 0. The molecule has 1 N–H and O–H groups in total. The number of ether oxygens (including phenoxy) is 2. The average Bonchev–Trinajstić information content (AvgIpc) is 2.43. The van der Waals surface area contributed by atoms with Gasteiger partial charge in [0.2, 0.25) is 0 Å². The Bertz CT molecular complexity index is 552. The first-order valence-electron chi connectivity index (χ1n) is 7.52. The van der Waals surface area contributed by atoms with E-state index in [2.05, 4.69) is 5.32 Å². The maximum Gasteiger partial charge on any atom is 0.407 e. The number of likely N-dealkylation sites (N-methyl/N-ethyl adjacent to an activating group) is 1. The predicted octanol–water partition coefficient (Wildman–Crippen LogP) is 2.68. The zero-order valence-electron chi connectivity index (χ0n) is 14.7. The lowest BCUT2D eigenvalue weighted by Crippen LogP contribution is -2.44. The van der Waals surface area contributed by atoms with Gasteiger partial charge in [-0.1, -0.05) is 12.1 Å².